The summed E-state index contributed by atoms with van der Waals surface area (Å²) in [6, 6.07) is 7.95. The van der Waals surface area contributed by atoms with Crippen LogP contribution in [0.25, 0.3) is 0 Å². The van der Waals surface area contributed by atoms with E-state index in [2.05, 4.69) is 42.6 Å². The second kappa shape index (κ2) is 7.61. The number of hydrogen-bond acceptors (Lipinski definition) is 6. The highest BCUT2D eigenvalue weighted by Crippen LogP contribution is 2.58. The molecule has 0 aliphatic carbocycles. The van der Waals surface area contributed by atoms with Crippen LogP contribution in [0.15, 0.2) is 42.9 Å². The molecule has 0 saturated carbocycles. The summed E-state index contributed by atoms with van der Waals surface area (Å²) in [4.78, 5) is 33.9. The Morgan fingerprint density at radius 1 is 0.933 bits per heavy atom. The van der Waals surface area contributed by atoms with Gasteiger partial charge in [0.2, 0.25) is 11.9 Å². The van der Waals surface area contributed by atoms with Crippen LogP contribution >= 0.6 is 0 Å². The Balaban J connectivity index is 1.40. The fourth-order valence-corrected chi connectivity index (χ4v) is 5.94. The van der Waals surface area contributed by atoms with Gasteiger partial charge in [0.05, 0.1) is 11.1 Å². The van der Waals surface area contributed by atoms with Gasteiger partial charge in [-0.2, -0.15) is 0 Å². The zero-order chi connectivity index (χ0) is 20.6. The van der Waals surface area contributed by atoms with Crippen molar-refractivity contribution in [1.82, 2.24) is 24.8 Å². The maximum absolute atomic E-state index is 13.6. The molecule has 2 aromatic rings. The van der Waals surface area contributed by atoms with Crippen LogP contribution in [-0.4, -0.2) is 69.9 Å². The highest BCUT2D eigenvalue weighted by Gasteiger charge is 2.65. The van der Waals surface area contributed by atoms with Gasteiger partial charge < -0.3 is 9.80 Å². The predicted octanol–water partition coefficient (Wildman–Crippen LogP) is 2.21. The number of aromatic nitrogens is 3. The first-order valence-electron chi connectivity index (χ1n) is 11.1. The van der Waals surface area contributed by atoms with Crippen molar-refractivity contribution >= 4 is 11.9 Å². The number of rotatable bonds is 4. The van der Waals surface area contributed by atoms with E-state index in [1.54, 1.807) is 12.4 Å². The molecule has 3 fully saturated rings. The summed E-state index contributed by atoms with van der Waals surface area (Å²) in [7, 11) is 0. The van der Waals surface area contributed by atoms with Gasteiger partial charge in [0.25, 0.3) is 0 Å². The standard InChI is InChI=1S/C23H30N6O/c1-2-28-15-9-23(20(28)30)18-29(21-25-11-5-12-26-21)17-22(23)7-13-27(14-8-22)16-19-6-3-4-10-24-19/h3-6,10-12H,2,7-9,13-18H2,1H3/t23-/m0/s1. The maximum Gasteiger partial charge on any atom is 0.231 e. The van der Waals surface area contributed by atoms with Gasteiger partial charge in [-0.05, 0) is 57.5 Å². The van der Waals surface area contributed by atoms with Crippen molar-refractivity contribution in [2.75, 3.05) is 44.2 Å². The average Bonchev–Trinajstić information content (AvgIpc) is 3.29. The lowest BCUT2D eigenvalue weighted by Gasteiger charge is -2.46. The molecule has 1 amide bonds. The minimum atomic E-state index is -0.306. The number of fused-ring (bicyclic) bond motifs is 1. The Hall–Kier alpha value is -2.54. The number of anilines is 1. The monoisotopic (exact) mass is 406 g/mol. The molecule has 3 aliphatic rings. The van der Waals surface area contributed by atoms with Gasteiger partial charge in [0.1, 0.15) is 0 Å². The third kappa shape index (κ3) is 3.07. The Morgan fingerprint density at radius 3 is 2.37 bits per heavy atom. The molecule has 30 heavy (non-hydrogen) atoms. The minimum absolute atomic E-state index is 0.00613. The summed E-state index contributed by atoms with van der Waals surface area (Å²) < 4.78 is 0. The third-order valence-corrected chi connectivity index (χ3v) is 7.62. The molecular formula is C23H30N6O. The summed E-state index contributed by atoms with van der Waals surface area (Å²) in [5.41, 5.74) is 0.802. The summed E-state index contributed by atoms with van der Waals surface area (Å²) in [6.07, 6.45) is 8.47. The van der Waals surface area contributed by atoms with Crippen LogP contribution in [0.1, 0.15) is 31.9 Å². The van der Waals surface area contributed by atoms with Crippen LogP contribution in [0.4, 0.5) is 5.95 Å². The number of carbonyl (C=O) groups excluding carboxylic acids is 1. The summed E-state index contributed by atoms with van der Waals surface area (Å²) >= 11 is 0. The number of hydrogen-bond donors (Lipinski definition) is 0. The van der Waals surface area contributed by atoms with Gasteiger partial charge >= 0.3 is 0 Å². The molecule has 0 N–H and O–H groups in total. The molecular weight excluding hydrogens is 376 g/mol. The van der Waals surface area contributed by atoms with Crippen LogP contribution in [0, 0.1) is 10.8 Å². The Morgan fingerprint density at radius 2 is 1.70 bits per heavy atom. The Kier molecular flexibility index (Phi) is 4.93. The van der Waals surface area contributed by atoms with Crippen LogP contribution in [-0.2, 0) is 11.3 Å². The molecule has 7 nitrogen and oxygen atoms in total. The fraction of sp³-hybridized carbons (Fsp3) is 0.565. The molecule has 1 atom stereocenters. The molecule has 5 heterocycles. The molecule has 7 heteroatoms. The van der Waals surface area contributed by atoms with Crippen molar-refractivity contribution in [2.24, 2.45) is 10.8 Å². The van der Waals surface area contributed by atoms with Crippen molar-refractivity contribution in [3.8, 4) is 0 Å². The fourth-order valence-electron chi connectivity index (χ4n) is 5.94. The minimum Gasteiger partial charge on any atom is -0.342 e. The number of carbonyl (C=O) groups is 1. The first-order valence-corrected chi connectivity index (χ1v) is 11.1. The average molecular weight is 407 g/mol. The molecule has 2 aromatic heterocycles. The van der Waals surface area contributed by atoms with E-state index in [0.29, 0.717) is 5.91 Å². The predicted molar refractivity (Wildman–Crippen MR) is 115 cm³/mol. The quantitative estimate of drug-likeness (QED) is 0.776. The number of piperidine rings is 1. The van der Waals surface area contributed by atoms with Crippen molar-refractivity contribution in [1.29, 1.82) is 0 Å². The van der Waals surface area contributed by atoms with Gasteiger partial charge in [-0.15, -0.1) is 0 Å². The molecule has 3 saturated heterocycles. The van der Waals surface area contributed by atoms with Crippen LogP contribution in [0.5, 0.6) is 0 Å². The van der Waals surface area contributed by atoms with Gasteiger partial charge in [0.15, 0.2) is 0 Å². The normalized spacial score (nSPS) is 26.2. The van der Waals surface area contributed by atoms with Gasteiger partial charge in [-0.3, -0.25) is 14.7 Å². The largest absolute Gasteiger partial charge is 0.342 e. The topological polar surface area (TPSA) is 65.5 Å². The van der Waals surface area contributed by atoms with Crippen LogP contribution in [0.2, 0.25) is 0 Å². The molecule has 2 spiro atoms. The summed E-state index contributed by atoms with van der Waals surface area (Å²) in [6.45, 7) is 8.26. The van der Waals surface area contributed by atoms with E-state index >= 15 is 0 Å². The van der Waals surface area contributed by atoms with Crippen molar-refractivity contribution in [3.63, 3.8) is 0 Å². The van der Waals surface area contributed by atoms with Crippen molar-refractivity contribution in [2.45, 2.75) is 32.7 Å². The van der Waals surface area contributed by atoms with Gasteiger partial charge in [-0.1, -0.05) is 6.07 Å². The van der Waals surface area contributed by atoms with E-state index in [4.69, 9.17) is 0 Å². The van der Waals surface area contributed by atoms with E-state index in [-0.39, 0.29) is 10.8 Å². The van der Waals surface area contributed by atoms with Crippen molar-refractivity contribution < 1.29 is 4.79 Å². The zero-order valence-electron chi connectivity index (χ0n) is 17.7. The lowest BCUT2D eigenvalue weighted by molar-refractivity contribution is -0.142. The number of pyridine rings is 1. The van der Waals surface area contributed by atoms with Gasteiger partial charge in [0, 0.05) is 56.7 Å². The Bertz CT molecular complexity index is 883. The number of amides is 1. The highest BCUT2D eigenvalue weighted by molar-refractivity contribution is 5.87. The molecule has 0 aromatic carbocycles. The first-order chi connectivity index (χ1) is 14.7. The second-order valence-corrected chi connectivity index (χ2v) is 9.00. The molecule has 158 valence electrons. The zero-order valence-corrected chi connectivity index (χ0v) is 17.7. The van der Waals surface area contributed by atoms with E-state index < -0.39 is 0 Å². The molecule has 0 unspecified atom stereocenters. The third-order valence-electron chi connectivity index (χ3n) is 7.62. The van der Waals surface area contributed by atoms with Gasteiger partial charge in [-0.25, -0.2) is 9.97 Å². The number of likely N-dealkylation sites (tertiary alicyclic amines) is 2. The Labute approximate surface area is 178 Å². The smallest absolute Gasteiger partial charge is 0.231 e. The molecule has 3 aliphatic heterocycles. The molecule has 5 rings (SSSR count). The maximum atomic E-state index is 13.6. The number of nitrogens with zero attached hydrogens (tertiary/aromatic N) is 6. The SMILES string of the molecule is CCN1CC[C@]2(CN(c3ncccn3)CC23CCN(Cc2ccccn2)CC3)C1=O. The van der Waals surface area contributed by atoms with Crippen molar-refractivity contribution in [3.05, 3.63) is 48.5 Å². The van der Waals surface area contributed by atoms with Crippen LogP contribution < -0.4 is 4.90 Å². The van der Waals surface area contributed by atoms with Crippen LogP contribution in [0.3, 0.4) is 0 Å². The van der Waals surface area contributed by atoms with E-state index in [0.717, 1.165) is 76.7 Å². The summed E-state index contributed by atoms with van der Waals surface area (Å²) in [5, 5.41) is 0. The first kappa shape index (κ1) is 19.4. The highest BCUT2D eigenvalue weighted by atomic mass is 16.2. The summed E-state index contributed by atoms with van der Waals surface area (Å²) in [5.74, 6) is 1.11. The van der Waals surface area contributed by atoms with E-state index in [1.807, 2.05) is 24.4 Å². The molecule has 0 radical (unpaired) electrons. The lowest BCUT2D eigenvalue weighted by Crippen LogP contribution is -2.52. The van der Waals surface area contributed by atoms with E-state index in [9.17, 15) is 4.79 Å². The lowest BCUT2D eigenvalue weighted by atomic mass is 9.60. The second-order valence-electron chi connectivity index (χ2n) is 9.00. The van der Waals surface area contributed by atoms with E-state index in [1.165, 1.54) is 0 Å². The molecule has 0 bridgehead atoms.